The number of rotatable bonds is 4. The van der Waals surface area contributed by atoms with Crippen LogP contribution in [0.15, 0.2) is 66.7 Å². The van der Waals surface area contributed by atoms with Crippen LogP contribution >= 0.6 is 0 Å². The zero-order valence-corrected chi connectivity index (χ0v) is 16.7. The second kappa shape index (κ2) is 6.59. The van der Waals surface area contributed by atoms with Crippen LogP contribution in [-0.4, -0.2) is 28.5 Å². The lowest BCUT2D eigenvalue weighted by Gasteiger charge is -2.38. The third kappa shape index (κ3) is 3.08. The van der Waals surface area contributed by atoms with E-state index in [0.717, 1.165) is 16.2 Å². The predicted molar refractivity (Wildman–Crippen MR) is 118 cm³/mol. The standard InChI is InChI=1S/C24H25BO3/c1-23(2,26)24(3,4)28-25(27)16-13-14-21-19-11-6-5-9-17(19)18-10-7-8-12-20(18)22(21)15-16/h5-15,26-27H,1-4H3. The van der Waals surface area contributed by atoms with E-state index in [2.05, 4.69) is 30.3 Å². The van der Waals surface area contributed by atoms with Crippen LogP contribution in [0.4, 0.5) is 0 Å². The van der Waals surface area contributed by atoms with Crippen LogP contribution in [-0.2, 0) is 4.65 Å². The van der Waals surface area contributed by atoms with Crippen molar-refractivity contribution in [1.29, 1.82) is 0 Å². The van der Waals surface area contributed by atoms with E-state index in [4.69, 9.17) is 4.65 Å². The first kappa shape index (κ1) is 18.9. The van der Waals surface area contributed by atoms with Gasteiger partial charge < -0.3 is 14.8 Å². The molecule has 0 aliphatic rings. The van der Waals surface area contributed by atoms with Crippen molar-refractivity contribution in [3.05, 3.63) is 66.7 Å². The lowest BCUT2D eigenvalue weighted by Crippen LogP contribution is -2.53. The number of fused-ring (bicyclic) bond motifs is 6. The Morgan fingerprint density at radius 3 is 1.57 bits per heavy atom. The van der Waals surface area contributed by atoms with Crippen LogP contribution in [0.3, 0.4) is 0 Å². The monoisotopic (exact) mass is 372 g/mol. The highest BCUT2D eigenvalue weighted by molar-refractivity contribution is 6.60. The van der Waals surface area contributed by atoms with Crippen molar-refractivity contribution in [3.8, 4) is 0 Å². The molecule has 0 unspecified atom stereocenters. The second-order valence-corrected chi connectivity index (χ2v) is 8.44. The Morgan fingerprint density at radius 2 is 1.11 bits per heavy atom. The molecule has 0 aliphatic heterocycles. The van der Waals surface area contributed by atoms with Crippen molar-refractivity contribution >= 4 is 44.9 Å². The molecule has 4 heteroatoms. The number of aliphatic hydroxyl groups is 1. The van der Waals surface area contributed by atoms with E-state index < -0.39 is 18.3 Å². The molecule has 142 valence electrons. The summed E-state index contributed by atoms with van der Waals surface area (Å²) in [6.45, 7) is 6.92. The van der Waals surface area contributed by atoms with Gasteiger partial charge in [-0.05, 0) is 65.5 Å². The molecule has 28 heavy (non-hydrogen) atoms. The fourth-order valence-corrected chi connectivity index (χ4v) is 3.57. The number of benzene rings is 4. The molecule has 0 saturated carbocycles. The molecule has 0 aromatic heterocycles. The van der Waals surface area contributed by atoms with Crippen molar-refractivity contribution in [2.75, 3.05) is 0 Å². The van der Waals surface area contributed by atoms with Crippen molar-refractivity contribution in [2.24, 2.45) is 0 Å². The van der Waals surface area contributed by atoms with Crippen molar-refractivity contribution < 1.29 is 14.8 Å². The summed E-state index contributed by atoms with van der Waals surface area (Å²) in [4.78, 5) is 0. The Labute approximate surface area is 165 Å². The van der Waals surface area contributed by atoms with E-state index in [1.54, 1.807) is 27.7 Å². The fraction of sp³-hybridized carbons (Fsp3) is 0.250. The Kier molecular flexibility index (Phi) is 4.46. The molecule has 0 aliphatic carbocycles. The lowest BCUT2D eigenvalue weighted by atomic mass is 9.75. The summed E-state index contributed by atoms with van der Waals surface area (Å²) in [6, 6.07) is 22.7. The Balaban J connectivity index is 1.90. The maximum absolute atomic E-state index is 10.7. The van der Waals surface area contributed by atoms with Gasteiger partial charge in [0.2, 0.25) is 0 Å². The highest BCUT2D eigenvalue weighted by atomic mass is 16.5. The Bertz CT molecular complexity index is 1140. The molecule has 0 radical (unpaired) electrons. The van der Waals surface area contributed by atoms with Crippen LogP contribution in [0.2, 0.25) is 0 Å². The average Bonchev–Trinajstić information content (AvgIpc) is 2.66. The van der Waals surface area contributed by atoms with E-state index in [-0.39, 0.29) is 0 Å². The summed E-state index contributed by atoms with van der Waals surface area (Å²) in [5.41, 5.74) is -1.33. The SMILES string of the molecule is CC(C)(O)C(C)(C)OB(O)c1ccc2c3ccccc3c3ccccc3c2c1. The number of hydrogen-bond donors (Lipinski definition) is 2. The summed E-state index contributed by atoms with van der Waals surface area (Å²) in [5, 5.41) is 28.0. The third-order valence-electron chi connectivity index (χ3n) is 5.93. The minimum absolute atomic E-state index is 0.672. The van der Waals surface area contributed by atoms with E-state index in [9.17, 15) is 10.1 Å². The molecular formula is C24H25BO3. The largest absolute Gasteiger partial charge is 0.491 e. The Morgan fingerprint density at radius 1 is 0.679 bits per heavy atom. The highest BCUT2D eigenvalue weighted by Crippen LogP contribution is 2.34. The fourth-order valence-electron chi connectivity index (χ4n) is 3.57. The van der Waals surface area contributed by atoms with Crippen LogP contribution in [0.1, 0.15) is 27.7 Å². The molecule has 0 amide bonds. The molecule has 4 aromatic carbocycles. The molecule has 3 nitrogen and oxygen atoms in total. The molecule has 4 rings (SSSR count). The van der Waals surface area contributed by atoms with Crippen LogP contribution in [0.5, 0.6) is 0 Å². The van der Waals surface area contributed by atoms with Crippen LogP contribution in [0, 0.1) is 0 Å². The normalized spacial score (nSPS) is 12.8. The van der Waals surface area contributed by atoms with Gasteiger partial charge in [0, 0.05) is 0 Å². The molecule has 2 N–H and O–H groups in total. The minimum atomic E-state index is -1.13. The molecule has 4 aromatic rings. The lowest BCUT2D eigenvalue weighted by molar-refractivity contribution is -0.0982. The van der Waals surface area contributed by atoms with Gasteiger partial charge >= 0.3 is 7.12 Å². The van der Waals surface area contributed by atoms with Gasteiger partial charge in [-0.15, -0.1) is 0 Å². The topological polar surface area (TPSA) is 49.7 Å². The van der Waals surface area contributed by atoms with Gasteiger partial charge in [-0.25, -0.2) is 0 Å². The highest BCUT2D eigenvalue weighted by Gasteiger charge is 2.39. The average molecular weight is 372 g/mol. The van der Waals surface area contributed by atoms with E-state index >= 15 is 0 Å². The van der Waals surface area contributed by atoms with Gasteiger partial charge in [-0.1, -0.05) is 66.7 Å². The zero-order valence-electron chi connectivity index (χ0n) is 16.7. The first-order valence-corrected chi connectivity index (χ1v) is 9.60. The summed E-state index contributed by atoms with van der Waals surface area (Å²) >= 11 is 0. The van der Waals surface area contributed by atoms with Crippen molar-refractivity contribution in [2.45, 2.75) is 38.9 Å². The maximum Gasteiger partial charge on any atom is 0.491 e. The molecule has 0 saturated heterocycles. The van der Waals surface area contributed by atoms with E-state index in [0.29, 0.717) is 5.46 Å². The smallest absolute Gasteiger partial charge is 0.423 e. The maximum atomic E-state index is 10.7. The first-order chi connectivity index (χ1) is 13.2. The summed E-state index contributed by atoms with van der Waals surface area (Å²) < 4.78 is 5.84. The molecular weight excluding hydrogens is 347 g/mol. The second-order valence-electron chi connectivity index (χ2n) is 8.44. The van der Waals surface area contributed by atoms with Crippen LogP contribution < -0.4 is 5.46 Å². The van der Waals surface area contributed by atoms with Gasteiger partial charge in [-0.2, -0.15) is 0 Å². The van der Waals surface area contributed by atoms with E-state index in [1.807, 2.05) is 36.4 Å². The minimum Gasteiger partial charge on any atom is -0.423 e. The molecule has 0 atom stereocenters. The quantitative estimate of drug-likeness (QED) is 0.412. The van der Waals surface area contributed by atoms with Gasteiger partial charge in [-0.3, -0.25) is 0 Å². The van der Waals surface area contributed by atoms with Gasteiger partial charge in [0.05, 0.1) is 11.2 Å². The summed E-state index contributed by atoms with van der Waals surface area (Å²) in [6.07, 6.45) is 0. The van der Waals surface area contributed by atoms with Gasteiger partial charge in [0.1, 0.15) is 0 Å². The first-order valence-electron chi connectivity index (χ1n) is 9.60. The summed E-state index contributed by atoms with van der Waals surface area (Å²) in [5.74, 6) is 0. The molecule has 0 bridgehead atoms. The Hall–Kier alpha value is -2.40. The van der Waals surface area contributed by atoms with Gasteiger partial charge in [0.15, 0.2) is 0 Å². The molecule has 0 spiro atoms. The van der Waals surface area contributed by atoms with E-state index in [1.165, 1.54) is 16.2 Å². The number of hydrogen-bond acceptors (Lipinski definition) is 3. The summed E-state index contributed by atoms with van der Waals surface area (Å²) in [7, 11) is -1.13. The van der Waals surface area contributed by atoms with Crippen molar-refractivity contribution in [1.82, 2.24) is 0 Å². The third-order valence-corrected chi connectivity index (χ3v) is 5.93. The van der Waals surface area contributed by atoms with Gasteiger partial charge in [0.25, 0.3) is 0 Å². The zero-order chi connectivity index (χ0) is 20.1. The van der Waals surface area contributed by atoms with Crippen molar-refractivity contribution in [3.63, 3.8) is 0 Å². The van der Waals surface area contributed by atoms with Crippen LogP contribution in [0.25, 0.3) is 32.3 Å². The molecule has 0 fully saturated rings. The molecule has 0 heterocycles. The predicted octanol–water partition coefficient (Wildman–Crippen LogP) is 4.40.